The van der Waals surface area contributed by atoms with Crippen molar-refractivity contribution in [2.45, 2.75) is 63.5 Å². The lowest BCUT2D eigenvalue weighted by Gasteiger charge is -2.26. The number of hydrogen-bond acceptors (Lipinski definition) is 5. The van der Waals surface area contributed by atoms with Crippen molar-refractivity contribution >= 4 is 5.95 Å². The molecule has 0 aliphatic heterocycles. The summed E-state index contributed by atoms with van der Waals surface area (Å²) in [5.41, 5.74) is 10.7. The summed E-state index contributed by atoms with van der Waals surface area (Å²) in [4.78, 5) is 13.8. The molecule has 5 nitrogen and oxygen atoms in total. The molecule has 0 radical (unpaired) electrons. The molecule has 0 saturated heterocycles. The lowest BCUT2D eigenvalue weighted by atomic mass is 9.92. The van der Waals surface area contributed by atoms with Gasteiger partial charge in [-0.3, -0.25) is 4.98 Å². The van der Waals surface area contributed by atoms with Crippen LogP contribution in [0.25, 0.3) is 11.3 Å². The molecule has 5 heteroatoms. The minimum absolute atomic E-state index is 0.358. The van der Waals surface area contributed by atoms with Crippen molar-refractivity contribution in [1.82, 2.24) is 15.0 Å². The average molecular weight is 323 g/mol. The predicted molar refractivity (Wildman–Crippen MR) is 95.8 cm³/mol. The molecule has 1 fully saturated rings. The smallest absolute Gasteiger partial charge is 0.223 e. The number of aromatic nitrogens is 3. The first kappa shape index (κ1) is 15.5. The van der Waals surface area contributed by atoms with Crippen LogP contribution >= 0.6 is 0 Å². The van der Waals surface area contributed by atoms with E-state index in [1.807, 2.05) is 18.5 Å². The number of fused-ring (bicyclic) bond motifs is 1. The zero-order valence-corrected chi connectivity index (χ0v) is 14.0. The summed E-state index contributed by atoms with van der Waals surface area (Å²) in [6.45, 7) is 0. The highest BCUT2D eigenvalue weighted by atomic mass is 15.1. The molecule has 126 valence electrons. The molecule has 2 aliphatic rings. The first-order valence-electron chi connectivity index (χ1n) is 9.11. The van der Waals surface area contributed by atoms with Gasteiger partial charge < -0.3 is 11.1 Å². The summed E-state index contributed by atoms with van der Waals surface area (Å²) in [7, 11) is 0. The number of aryl methyl sites for hydroxylation is 2. The molecule has 3 N–H and O–H groups in total. The number of anilines is 1. The van der Waals surface area contributed by atoms with Crippen LogP contribution in [0.15, 0.2) is 24.5 Å². The number of nitrogens with zero attached hydrogens (tertiary/aromatic N) is 3. The van der Waals surface area contributed by atoms with Crippen molar-refractivity contribution < 1.29 is 0 Å². The van der Waals surface area contributed by atoms with Crippen LogP contribution in [0.1, 0.15) is 49.8 Å². The van der Waals surface area contributed by atoms with Gasteiger partial charge in [-0.1, -0.05) is 0 Å². The van der Waals surface area contributed by atoms with Gasteiger partial charge >= 0.3 is 0 Å². The molecule has 2 aliphatic carbocycles. The summed E-state index contributed by atoms with van der Waals surface area (Å²) in [5, 5.41) is 3.48. The van der Waals surface area contributed by atoms with Crippen LogP contribution in [0, 0.1) is 0 Å². The number of nitrogens with two attached hydrogens (primary N) is 1. The fourth-order valence-electron chi connectivity index (χ4n) is 3.76. The Morgan fingerprint density at radius 1 is 1.04 bits per heavy atom. The highest BCUT2D eigenvalue weighted by Gasteiger charge is 2.19. The largest absolute Gasteiger partial charge is 0.351 e. The molecule has 0 spiro atoms. The first-order chi connectivity index (χ1) is 11.8. The summed E-state index contributed by atoms with van der Waals surface area (Å²) < 4.78 is 0. The summed E-state index contributed by atoms with van der Waals surface area (Å²) in [5.74, 6) is 0.714. The summed E-state index contributed by atoms with van der Waals surface area (Å²) in [6, 6.07) is 5.01. The maximum absolute atomic E-state index is 5.98. The van der Waals surface area contributed by atoms with E-state index in [0.29, 0.717) is 18.0 Å². The van der Waals surface area contributed by atoms with Crippen molar-refractivity contribution in [3.63, 3.8) is 0 Å². The molecule has 2 aromatic rings. The van der Waals surface area contributed by atoms with Crippen molar-refractivity contribution in [1.29, 1.82) is 0 Å². The molecule has 0 bridgehead atoms. The van der Waals surface area contributed by atoms with E-state index < -0.39 is 0 Å². The number of rotatable bonds is 3. The summed E-state index contributed by atoms with van der Waals surface area (Å²) in [6.07, 6.45) is 12.9. The van der Waals surface area contributed by atoms with Gasteiger partial charge in [-0.05, 0) is 69.1 Å². The second-order valence-electron chi connectivity index (χ2n) is 7.06. The van der Waals surface area contributed by atoms with Gasteiger partial charge in [-0.25, -0.2) is 9.97 Å². The Morgan fingerprint density at radius 2 is 1.88 bits per heavy atom. The van der Waals surface area contributed by atoms with Gasteiger partial charge in [0.25, 0.3) is 0 Å². The first-order valence-corrected chi connectivity index (χ1v) is 9.11. The van der Waals surface area contributed by atoms with Gasteiger partial charge in [0, 0.05) is 35.7 Å². The van der Waals surface area contributed by atoms with Crippen LogP contribution < -0.4 is 11.1 Å². The van der Waals surface area contributed by atoms with E-state index in [9.17, 15) is 0 Å². The van der Waals surface area contributed by atoms with Crippen molar-refractivity contribution in [3.8, 4) is 11.3 Å². The van der Waals surface area contributed by atoms with Crippen molar-refractivity contribution in [3.05, 3.63) is 35.8 Å². The van der Waals surface area contributed by atoms with Gasteiger partial charge in [0.05, 0.1) is 5.69 Å². The Balaban J connectivity index is 1.52. The highest BCUT2D eigenvalue weighted by molar-refractivity contribution is 5.60. The van der Waals surface area contributed by atoms with Gasteiger partial charge in [0.1, 0.15) is 0 Å². The third-order valence-corrected chi connectivity index (χ3v) is 5.23. The molecule has 0 atom stereocenters. The normalized spacial score (nSPS) is 23.5. The molecule has 0 unspecified atom stereocenters. The van der Waals surface area contributed by atoms with Crippen LogP contribution in [-0.2, 0) is 12.8 Å². The molecule has 2 heterocycles. The van der Waals surface area contributed by atoms with Crippen LogP contribution in [0.3, 0.4) is 0 Å². The Bertz CT molecular complexity index is 707. The monoisotopic (exact) mass is 323 g/mol. The third kappa shape index (κ3) is 3.41. The minimum atomic E-state index is 0.358. The fraction of sp³-hybridized carbons (Fsp3) is 0.526. The Morgan fingerprint density at radius 3 is 2.75 bits per heavy atom. The van der Waals surface area contributed by atoms with Crippen LogP contribution in [0.4, 0.5) is 5.95 Å². The second-order valence-corrected chi connectivity index (χ2v) is 7.06. The molecule has 2 aromatic heterocycles. The topological polar surface area (TPSA) is 76.7 Å². The summed E-state index contributed by atoms with van der Waals surface area (Å²) >= 11 is 0. The minimum Gasteiger partial charge on any atom is -0.351 e. The molecule has 24 heavy (non-hydrogen) atoms. The predicted octanol–water partition coefficient (Wildman–Crippen LogP) is 3.10. The number of pyridine rings is 1. The highest BCUT2D eigenvalue weighted by Crippen LogP contribution is 2.25. The van der Waals surface area contributed by atoms with Gasteiger partial charge in [0.15, 0.2) is 0 Å². The van der Waals surface area contributed by atoms with E-state index in [-0.39, 0.29) is 0 Å². The van der Waals surface area contributed by atoms with Crippen molar-refractivity contribution in [2.75, 3.05) is 5.32 Å². The van der Waals surface area contributed by atoms with Gasteiger partial charge in [-0.15, -0.1) is 0 Å². The molecule has 1 saturated carbocycles. The van der Waals surface area contributed by atoms with Crippen LogP contribution in [0.5, 0.6) is 0 Å². The van der Waals surface area contributed by atoms with Crippen LogP contribution in [-0.4, -0.2) is 27.0 Å². The third-order valence-electron chi connectivity index (χ3n) is 5.23. The van der Waals surface area contributed by atoms with Gasteiger partial charge in [-0.2, -0.15) is 0 Å². The maximum atomic E-state index is 5.98. The Hall–Kier alpha value is -2.01. The van der Waals surface area contributed by atoms with E-state index in [1.165, 1.54) is 24.1 Å². The Kier molecular flexibility index (Phi) is 4.43. The van der Waals surface area contributed by atoms with E-state index in [1.54, 1.807) is 0 Å². The molecule has 0 aromatic carbocycles. The van der Waals surface area contributed by atoms with E-state index in [2.05, 4.69) is 21.4 Å². The maximum Gasteiger partial charge on any atom is 0.223 e. The lowest BCUT2D eigenvalue weighted by molar-refractivity contribution is 0.410. The Labute approximate surface area is 143 Å². The zero-order chi connectivity index (χ0) is 16.4. The van der Waals surface area contributed by atoms with Crippen molar-refractivity contribution in [2.24, 2.45) is 5.73 Å². The van der Waals surface area contributed by atoms with E-state index >= 15 is 0 Å². The number of hydrogen-bond donors (Lipinski definition) is 2. The van der Waals surface area contributed by atoms with Crippen LogP contribution in [0.2, 0.25) is 0 Å². The molecular formula is C19H25N5. The molecular weight excluding hydrogens is 298 g/mol. The van der Waals surface area contributed by atoms with E-state index in [4.69, 9.17) is 10.7 Å². The fourth-order valence-corrected chi connectivity index (χ4v) is 3.76. The standard InChI is InChI=1S/C19H25N5/c20-15-5-7-16(8-6-15)23-19-21-10-9-18(24-19)14-11-13-3-1-2-4-17(13)22-12-14/h9-12,15-16H,1-8,20H2,(H,21,23,24). The number of nitrogens with one attached hydrogen (secondary N) is 1. The molecule has 4 rings (SSSR count). The van der Waals surface area contributed by atoms with Gasteiger partial charge in [0.2, 0.25) is 5.95 Å². The molecule has 0 amide bonds. The quantitative estimate of drug-likeness (QED) is 0.907. The van der Waals surface area contributed by atoms with E-state index in [0.717, 1.165) is 49.8 Å². The average Bonchev–Trinajstić information content (AvgIpc) is 2.63. The second kappa shape index (κ2) is 6.85. The zero-order valence-electron chi connectivity index (χ0n) is 14.0. The lowest BCUT2D eigenvalue weighted by Crippen LogP contribution is -2.33. The SMILES string of the molecule is NC1CCC(Nc2nccc(-c3cnc4c(c3)CCCC4)n2)CC1.